The first-order valence-electron chi connectivity index (χ1n) is 5.66. The number of thiophene rings is 1. The minimum absolute atomic E-state index is 0.243. The van der Waals surface area contributed by atoms with E-state index in [2.05, 4.69) is 5.32 Å². The van der Waals surface area contributed by atoms with Gasteiger partial charge < -0.3 is 10.1 Å². The highest BCUT2D eigenvalue weighted by molar-refractivity contribution is 7.12. The second-order valence-electron chi connectivity index (χ2n) is 3.93. The molecule has 0 unspecified atom stereocenters. The van der Waals surface area contributed by atoms with Crippen LogP contribution < -0.4 is 5.32 Å². The number of carbonyl (C=O) groups excluding carboxylic acids is 2. The van der Waals surface area contributed by atoms with Crippen molar-refractivity contribution >= 4 is 28.9 Å². The monoisotopic (exact) mass is 275 g/mol. The first kappa shape index (κ1) is 13.3. The van der Waals surface area contributed by atoms with Crippen molar-refractivity contribution in [1.82, 2.24) is 0 Å². The minimum atomic E-state index is -0.443. The van der Waals surface area contributed by atoms with Crippen LogP contribution in [0.25, 0.3) is 0 Å². The van der Waals surface area contributed by atoms with Gasteiger partial charge >= 0.3 is 5.97 Å². The molecule has 19 heavy (non-hydrogen) atoms. The molecule has 2 rings (SSSR count). The van der Waals surface area contributed by atoms with Gasteiger partial charge in [0, 0.05) is 5.56 Å². The van der Waals surface area contributed by atoms with Gasteiger partial charge in [-0.15, -0.1) is 11.3 Å². The Morgan fingerprint density at radius 3 is 2.53 bits per heavy atom. The molecular formula is C14H13NO3S. The van der Waals surface area contributed by atoms with Crippen molar-refractivity contribution in [3.8, 4) is 0 Å². The van der Waals surface area contributed by atoms with Crippen molar-refractivity contribution in [3.05, 3.63) is 51.7 Å². The highest BCUT2D eigenvalue weighted by Gasteiger charge is 2.18. The van der Waals surface area contributed by atoms with Gasteiger partial charge in [-0.2, -0.15) is 0 Å². The van der Waals surface area contributed by atoms with Crippen molar-refractivity contribution in [1.29, 1.82) is 0 Å². The molecule has 0 spiro atoms. The van der Waals surface area contributed by atoms with Gasteiger partial charge in [0.05, 0.1) is 12.8 Å². The van der Waals surface area contributed by atoms with E-state index in [1.165, 1.54) is 18.4 Å². The number of aryl methyl sites for hydroxylation is 1. The molecule has 1 amide bonds. The van der Waals surface area contributed by atoms with Crippen LogP contribution in [0.4, 0.5) is 5.69 Å². The molecule has 0 bridgehead atoms. The van der Waals surface area contributed by atoms with Gasteiger partial charge in [0.1, 0.15) is 4.88 Å². The maximum absolute atomic E-state index is 12.1. The Bertz CT molecular complexity index is 604. The van der Waals surface area contributed by atoms with Gasteiger partial charge in [0.25, 0.3) is 5.91 Å². The molecule has 0 radical (unpaired) electrons. The van der Waals surface area contributed by atoms with E-state index in [4.69, 9.17) is 4.74 Å². The zero-order chi connectivity index (χ0) is 13.8. The quantitative estimate of drug-likeness (QED) is 0.876. The fourth-order valence-electron chi connectivity index (χ4n) is 1.62. The van der Waals surface area contributed by atoms with Crippen LogP contribution in [0.5, 0.6) is 0 Å². The third-order valence-corrected chi connectivity index (χ3v) is 3.70. The number of benzene rings is 1. The van der Waals surface area contributed by atoms with E-state index in [1.54, 1.807) is 24.3 Å². The summed E-state index contributed by atoms with van der Waals surface area (Å²) in [6.07, 6.45) is 0. The van der Waals surface area contributed by atoms with Crippen LogP contribution in [0.2, 0.25) is 0 Å². The summed E-state index contributed by atoms with van der Waals surface area (Å²) in [6.45, 7) is 1.84. The van der Waals surface area contributed by atoms with Crippen LogP contribution in [-0.4, -0.2) is 19.0 Å². The van der Waals surface area contributed by atoms with Crippen LogP contribution >= 0.6 is 11.3 Å². The SMILES string of the molecule is COC(=O)c1scc(C)c1NC(=O)c1ccccc1. The van der Waals surface area contributed by atoms with Crippen LogP contribution in [0.1, 0.15) is 25.6 Å². The van der Waals surface area contributed by atoms with Crippen molar-refractivity contribution in [2.45, 2.75) is 6.92 Å². The second kappa shape index (κ2) is 5.67. The summed E-state index contributed by atoms with van der Waals surface area (Å²) in [5.74, 6) is -0.686. The predicted molar refractivity (Wildman–Crippen MR) is 74.8 cm³/mol. The molecular weight excluding hydrogens is 262 g/mol. The molecule has 0 saturated carbocycles. The van der Waals surface area contributed by atoms with Crippen molar-refractivity contribution in [2.75, 3.05) is 12.4 Å². The summed E-state index contributed by atoms with van der Waals surface area (Å²) in [5, 5.41) is 4.57. The molecule has 1 N–H and O–H groups in total. The van der Waals surface area contributed by atoms with Crippen LogP contribution in [-0.2, 0) is 4.74 Å². The largest absolute Gasteiger partial charge is 0.465 e. The van der Waals surface area contributed by atoms with Crippen LogP contribution in [0.3, 0.4) is 0 Å². The second-order valence-corrected chi connectivity index (χ2v) is 4.81. The molecule has 0 atom stereocenters. The van der Waals surface area contributed by atoms with E-state index in [9.17, 15) is 9.59 Å². The molecule has 1 heterocycles. The summed E-state index contributed by atoms with van der Waals surface area (Å²) < 4.78 is 4.70. The summed E-state index contributed by atoms with van der Waals surface area (Å²) in [7, 11) is 1.32. The van der Waals surface area contributed by atoms with E-state index in [-0.39, 0.29) is 5.91 Å². The van der Waals surface area contributed by atoms with E-state index in [0.717, 1.165) is 5.56 Å². The van der Waals surface area contributed by atoms with Crippen molar-refractivity contribution in [3.63, 3.8) is 0 Å². The Kier molecular flexibility index (Phi) is 3.97. The van der Waals surface area contributed by atoms with Crippen LogP contribution in [0.15, 0.2) is 35.7 Å². The van der Waals surface area contributed by atoms with Crippen molar-refractivity contribution in [2.24, 2.45) is 0 Å². The molecule has 2 aromatic rings. The third kappa shape index (κ3) is 2.82. The summed E-state index contributed by atoms with van der Waals surface area (Å²) >= 11 is 1.26. The Morgan fingerprint density at radius 1 is 1.21 bits per heavy atom. The number of nitrogens with one attached hydrogen (secondary N) is 1. The number of rotatable bonds is 3. The lowest BCUT2D eigenvalue weighted by Crippen LogP contribution is -2.14. The first-order chi connectivity index (χ1) is 9.13. The van der Waals surface area contributed by atoms with Gasteiger partial charge in [-0.1, -0.05) is 18.2 Å². The Morgan fingerprint density at radius 2 is 1.89 bits per heavy atom. The first-order valence-corrected chi connectivity index (χ1v) is 6.54. The highest BCUT2D eigenvalue weighted by Crippen LogP contribution is 2.28. The van der Waals surface area contributed by atoms with Crippen LogP contribution in [0, 0.1) is 6.92 Å². The Hall–Kier alpha value is -2.14. The number of ether oxygens (including phenoxy) is 1. The lowest BCUT2D eigenvalue weighted by molar-refractivity contribution is 0.0607. The maximum Gasteiger partial charge on any atom is 0.350 e. The number of carbonyl (C=O) groups is 2. The fourth-order valence-corrected chi connectivity index (χ4v) is 2.54. The molecule has 5 heteroatoms. The molecule has 0 aliphatic rings. The average molecular weight is 275 g/mol. The Balaban J connectivity index is 2.27. The number of hydrogen-bond acceptors (Lipinski definition) is 4. The lowest BCUT2D eigenvalue weighted by atomic mass is 10.2. The molecule has 1 aromatic heterocycles. The van der Waals surface area contributed by atoms with Gasteiger partial charge in [-0.25, -0.2) is 4.79 Å². The molecule has 98 valence electrons. The molecule has 0 fully saturated rings. The zero-order valence-corrected chi connectivity index (χ0v) is 11.4. The molecule has 1 aromatic carbocycles. The smallest absolute Gasteiger partial charge is 0.350 e. The van der Waals surface area contributed by atoms with Gasteiger partial charge in [-0.05, 0) is 30.0 Å². The maximum atomic E-state index is 12.1. The highest BCUT2D eigenvalue weighted by atomic mass is 32.1. The third-order valence-electron chi connectivity index (χ3n) is 2.62. The fraction of sp³-hybridized carbons (Fsp3) is 0.143. The predicted octanol–water partition coefficient (Wildman–Crippen LogP) is 3.10. The summed E-state index contributed by atoms with van der Waals surface area (Å²) in [4.78, 5) is 24.1. The van der Waals surface area contributed by atoms with Gasteiger partial charge in [0.2, 0.25) is 0 Å². The lowest BCUT2D eigenvalue weighted by Gasteiger charge is -2.07. The Labute approximate surface area is 115 Å². The van der Waals surface area contributed by atoms with Gasteiger partial charge in [-0.3, -0.25) is 4.79 Å². The zero-order valence-electron chi connectivity index (χ0n) is 10.6. The van der Waals surface area contributed by atoms with Gasteiger partial charge in [0.15, 0.2) is 0 Å². The normalized spacial score (nSPS) is 10.0. The molecule has 0 aliphatic carbocycles. The topological polar surface area (TPSA) is 55.4 Å². The molecule has 0 saturated heterocycles. The van der Waals surface area contributed by atoms with E-state index < -0.39 is 5.97 Å². The van der Waals surface area contributed by atoms with Crippen molar-refractivity contribution < 1.29 is 14.3 Å². The summed E-state index contributed by atoms with van der Waals surface area (Å²) in [5.41, 5.74) is 1.91. The average Bonchev–Trinajstić information content (AvgIpc) is 2.80. The van der Waals surface area contributed by atoms with E-state index in [1.807, 2.05) is 18.4 Å². The number of hydrogen-bond donors (Lipinski definition) is 1. The number of anilines is 1. The summed E-state index contributed by atoms with van der Waals surface area (Å²) in [6, 6.07) is 8.85. The number of amides is 1. The standard InChI is InChI=1S/C14H13NO3S/c1-9-8-19-12(14(17)18-2)11(9)15-13(16)10-6-4-3-5-7-10/h3-8H,1-2H3,(H,15,16). The number of methoxy groups -OCH3 is 1. The van der Waals surface area contributed by atoms with E-state index in [0.29, 0.717) is 16.1 Å². The minimum Gasteiger partial charge on any atom is -0.465 e. The number of esters is 1. The molecule has 4 nitrogen and oxygen atoms in total. The van der Waals surface area contributed by atoms with E-state index >= 15 is 0 Å². The molecule has 0 aliphatic heterocycles.